The summed E-state index contributed by atoms with van der Waals surface area (Å²) in [6, 6.07) is 8.71. The number of anilines is 2. The van der Waals surface area contributed by atoms with Crippen LogP contribution in [-0.4, -0.2) is 29.2 Å². The second-order valence-corrected chi connectivity index (χ2v) is 7.06. The second-order valence-electron chi connectivity index (χ2n) is 6.65. The maximum atomic E-state index is 14.2. The number of nitrogens with one attached hydrogen (secondary N) is 2. The SMILES string of the molecule is Cc1cc2c(Nc3cccc(Cl)c3F)ncnc2cc1OC1CCNCC1. The molecule has 140 valence electrons. The van der Waals surface area contributed by atoms with E-state index in [1.165, 1.54) is 12.4 Å². The number of benzene rings is 2. The van der Waals surface area contributed by atoms with E-state index in [1.807, 2.05) is 19.1 Å². The molecule has 2 aromatic carbocycles. The van der Waals surface area contributed by atoms with Gasteiger partial charge < -0.3 is 15.4 Å². The Balaban J connectivity index is 1.67. The fourth-order valence-corrected chi connectivity index (χ4v) is 3.41. The van der Waals surface area contributed by atoms with E-state index in [0.29, 0.717) is 5.82 Å². The molecular formula is C20H20ClFN4O. The van der Waals surface area contributed by atoms with Gasteiger partial charge in [-0.2, -0.15) is 0 Å². The first-order chi connectivity index (χ1) is 13.1. The van der Waals surface area contributed by atoms with Gasteiger partial charge in [0.15, 0.2) is 5.82 Å². The molecule has 0 radical (unpaired) electrons. The number of aryl methyl sites for hydroxylation is 1. The van der Waals surface area contributed by atoms with Crippen LogP contribution in [0.1, 0.15) is 18.4 Å². The van der Waals surface area contributed by atoms with Crippen molar-refractivity contribution < 1.29 is 9.13 Å². The fraction of sp³-hybridized carbons (Fsp3) is 0.300. The Morgan fingerprint density at radius 1 is 1.22 bits per heavy atom. The van der Waals surface area contributed by atoms with E-state index in [9.17, 15) is 4.39 Å². The van der Waals surface area contributed by atoms with Crippen LogP contribution in [0.3, 0.4) is 0 Å². The van der Waals surface area contributed by atoms with Crippen molar-refractivity contribution in [3.05, 3.63) is 53.1 Å². The third-order valence-corrected chi connectivity index (χ3v) is 5.01. The van der Waals surface area contributed by atoms with Gasteiger partial charge in [0.25, 0.3) is 0 Å². The molecule has 1 aliphatic rings. The quantitative estimate of drug-likeness (QED) is 0.686. The topological polar surface area (TPSA) is 59.1 Å². The van der Waals surface area contributed by atoms with Gasteiger partial charge >= 0.3 is 0 Å². The summed E-state index contributed by atoms with van der Waals surface area (Å²) >= 11 is 5.87. The molecule has 2 N–H and O–H groups in total. The first kappa shape index (κ1) is 17.9. The first-order valence-corrected chi connectivity index (χ1v) is 9.33. The summed E-state index contributed by atoms with van der Waals surface area (Å²) in [5, 5.41) is 7.22. The molecule has 27 heavy (non-hydrogen) atoms. The van der Waals surface area contributed by atoms with Gasteiger partial charge in [0.1, 0.15) is 24.0 Å². The molecule has 1 fully saturated rings. The van der Waals surface area contributed by atoms with Gasteiger partial charge in [0, 0.05) is 11.5 Å². The molecule has 5 nitrogen and oxygen atoms in total. The van der Waals surface area contributed by atoms with E-state index in [1.54, 1.807) is 12.1 Å². The third-order valence-electron chi connectivity index (χ3n) is 4.72. The Labute approximate surface area is 161 Å². The van der Waals surface area contributed by atoms with Crippen molar-refractivity contribution in [1.82, 2.24) is 15.3 Å². The number of aromatic nitrogens is 2. The molecule has 0 atom stereocenters. The number of fused-ring (bicyclic) bond motifs is 1. The summed E-state index contributed by atoms with van der Waals surface area (Å²) in [7, 11) is 0. The Bertz CT molecular complexity index is 976. The number of ether oxygens (including phenoxy) is 1. The van der Waals surface area contributed by atoms with E-state index in [-0.39, 0.29) is 16.8 Å². The van der Waals surface area contributed by atoms with E-state index in [4.69, 9.17) is 16.3 Å². The third kappa shape index (κ3) is 3.82. The predicted octanol–water partition coefficient (Wildman–Crippen LogP) is 4.61. The van der Waals surface area contributed by atoms with Crippen LogP contribution in [0.25, 0.3) is 10.9 Å². The van der Waals surface area contributed by atoms with Gasteiger partial charge in [-0.25, -0.2) is 14.4 Å². The lowest BCUT2D eigenvalue weighted by atomic mass is 10.1. The predicted molar refractivity (Wildman–Crippen MR) is 105 cm³/mol. The minimum absolute atomic E-state index is 0.0622. The smallest absolute Gasteiger partial charge is 0.165 e. The summed E-state index contributed by atoms with van der Waals surface area (Å²) in [5.74, 6) is 0.846. The zero-order valence-electron chi connectivity index (χ0n) is 14.9. The molecule has 4 rings (SSSR count). The molecule has 1 aliphatic heterocycles. The molecule has 3 aromatic rings. The van der Waals surface area contributed by atoms with Crippen molar-refractivity contribution >= 4 is 34.0 Å². The summed E-state index contributed by atoms with van der Waals surface area (Å²) in [4.78, 5) is 8.63. The summed E-state index contributed by atoms with van der Waals surface area (Å²) < 4.78 is 20.4. The fourth-order valence-electron chi connectivity index (χ4n) is 3.24. The Kier molecular flexibility index (Phi) is 5.09. The highest BCUT2D eigenvalue weighted by molar-refractivity contribution is 6.31. The normalized spacial score (nSPS) is 15.1. The van der Waals surface area contributed by atoms with Crippen LogP contribution in [0.15, 0.2) is 36.7 Å². The molecule has 2 heterocycles. The molecule has 7 heteroatoms. The highest BCUT2D eigenvalue weighted by atomic mass is 35.5. The lowest BCUT2D eigenvalue weighted by Gasteiger charge is -2.25. The molecule has 0 aliphatic carbocycles. The van der Waals surface area contributed by atoms with Crippen LogP contribution < -0.4 is 15.4 Å². The molecule has 0 saturated carbocycles. The Morgan fingerprint density at radius 2 is 2.04 bits per heavy atom. The Morgan fingerprint density at radius 3 is 2.85 bits per heavy atom. The van der Waals surface area contributed by atoms with E-state index < -0.39 is 5.82 Å². The van der Waals surface area contributed by atoms with Crippen molar-refractivity contribution in [2.24, 2.45) is 0 Å². The number of hydrogen-bond donors (Lipinski definition) is 2. The molecular weight excluding hydrogens is 367 g/mol. The van der Waals surface area contributed by atoms with Crippen molar-refractivity contribution in [2.45, 2.75) is 25.9 Å². The van der Waals surface area contributed by atoms with Gasteiger partial charge in [0.2, 0.25) is 0 Å². The molecule has 0 bridgehead atoms. The van der Waals surface area contributed by atoms with E-state index in [0.717, 1.165) is 48.1 Å². The van der Waals surface area contributed by atoms with Crippen LogP contribution >= 0.6 is 11.6 Å². The highest BCUT2D eigenvalue weighted by Crippen LogP contribution is 2.32. The second kappa shape index (κ2) is 7.66. The maximum absolute atomic E-state index is 14.2. The monoisotopic (exact) mass is 386 g/mol. The lowest BCUT2D eigenvalue weighted by Crippen LogP contribution is -2.34. The standard InChI is InChI=1S/C20H20ClFN4O/c1-12-9-14-17(10-18(12)27-13-5-7-23-8-6-13)24-11-25-20(14)26-16-4-2-3-15(21)19(16)22/h2-4,9-11,13,23H,5-8H2,1H3,(H,24,25,26). The summed E-state index contributed by atoms with van der Waals surface area (Å²) in [6.07, 6.45) is 3.64. The minimum atomic E-state index is -0.506. The van der Waals surface area contributed by atoms with Crippen LogP contribution in [0.4, 0.5) is 15.9 Å². The van der Waals surface area contributed by atoms with E-state index in [2.05, 4.69) is 20.6 Å². The number of rotatable bonds is 4. The van der Waals surface area contributed by atoms with Crippen molar-refractivity contribution in [3.63, 3.8) is 0 Å². The number of halogens is 2. The molecule has 0 spiro atoms. The number of nitrogens with zero attached hydrogens (tertiary/aromatic N) is 2. The maximum Gasteiger partial charge on any atom is 0.165 e. The van der Waals surface area contributed by atoms with Gasteiger partial charge in [-0.05, 0) is 56.6 Å². The van der Waals surface area contributed by atoms with Gasteiger partial charge in [-0.1, -0.05) is 17.7 Å². The largest absolute Gasteiger partial charge is 0.490 e. The molecule has 1 saturated heterocycles. The van der Waals surface area contributed by atoms with Crippen LogP contribution in [-0.2, 0) is 0 Å². The van der Waals surface area contributed by atoms with Gasteiger partial charge in [0.05, 0.1) is 16.2 Å². The first-order valence-electron chi connectivity index (χ1n) is 8.95. The average molecular weight is 387 g/mol. The summed E-state index contributed by atoms with van der Waals surface area (Å²) in [5.41, 5.74) is 2.00. The number of hydrogen-bond acceptors (Lipinski definition) is 5. The van der Waals surface area contributed by atoms with Crippen LogP contribution in [0, 0.1) is 12.7 Å². The van der Waals surface area contributed by atoms with Crippen molar-refractivity contribution in [2.75, 3.05) is 18.4 Å². The molecule has 0 amide bonds. The highest BCUT2D eigenvalue weighted by Gasteiger charge is 2.17. The molecule has 1 aromatic heterocycles. The molecule has 0 unspecified atom stereocenters. The Hall–Kier alpha value is -2.44. The minimum Gasteiger partial charge on any atom is -0.490 e. The van der Waals surface area contributed by atoms with Crippen molar-refractivity contribution in [3.8, 4) is 5.75 Å². The summed E-state index contributed by atoms with van der Waals surface area (Å²) in [6.45, 7) is 3.93. The van der Waals surface area contributed by atoms with Crippen molar-refractivity contribution in [1.29, 1.82) is 0 Å². The average Bonchev–Trinajstić information content (AvgIpc) is 2.67. The van der Waals surface area contributed by atoms with Crippen LogP contribution in [0.5, 0.6) is 5.75 Å². The van der Waals surface area contributed by atoms with Crippen LogP contribution in [0.2, 0.25) is 5.02 Å². The zero-order chi connectivity index (χ0) is 18.8. The lowest BCUT2D eigenvalue weighted by molar-refractivity contribution is 0.161. The van der Waals surface area contributed by atoms with Gasteiger partial charge in [-0.3, -0.25) is 0 Å². The van der Waals surface area contributed by atoms with E-state index >= 15 is 0 Å². The van der Waals surface area contributed by atoms with Gasteiger partial charge in [-0.15, -0.1) is 0 Å². The number of piperidine rings is 1. The zero-order valence-corrected chi connectivity index (χ0v) is 15.7.